The largest absolute Gasteiger partial charge is 0.329 e. The predicted molar refractivity (Wildman–Crippen MR) is 75.2 cm³/mol. The summed E-state index contributed by atoms with van der Waals surface area (Å²) in [5, 5.41) is 0. The molecule has 0 bridgehead atoms. The quantitative estimate of drug-likeness (QED) is 0.796. The Kier molecular flexibility index (Phi) is 5.42. The highest BCUT2D eigenvalue weighted by molar-refractivity contribution is 4.97. The molecule has 1 aliphatic heterocycles. The van der Waals surface area contributed by atoms with Gasteiger partial charge in [-0.3, -0.25) is 4.90 Å². The number of hydrogen-bond donors (Lipinski definition) is 1. The van der Waals surface area contributed by atoms with Crippen LogP contribution in [-0.4, -0.2) is 55.1 Å². The molecule has 17 heavy (non-hydrogen) atoms. The minimum atomic E-state index is 0.196. The van der Waals surface area contributed by atoms with Gasteiger partial charge in [0.2, 0.25) is 0 Å². The van der Waals surface area contributed by atoms with Crippen molar-refractivity contribution in [3.05, 3.63) is 0 Å². The van der Waals surface area contributed by atoms with Gasteiger partial charge in [0.05, 0.1) is 0 Å². The minimum Gasteiger partial charge on any atom is -0.329 e. The van der Waals surface area contributed by atoms with E-state index in [1.807, 2.05) is 0 Å². The van der Waals surface area contributed by atoms with Gasteiger partial charge in [-0.25, -0.2) is 0 Å². The van der Waals surface area contributed by atoms with E-state index in [1.165, 1.54) is 25.8 Å². The molecule has 0 amide bonds. The van der Waals surface area contributed by atoms with Crippen molar-refractivity contribution in [2.45, 2.75) is 51.6 Å². The summed E-state index contributed by atoms with van der Waals surface area (Å²) >= 11 is 0. The van der Waals surface area contributed by atoms with E-state index >= 15 is 0 Å². The summed E-state index contributed by atoms with van der Waals surface area (Å²) < 4.78 is 0. The third-order valence-electron chi connectivity index (χ3n) is 4.35. The average Bonchev–Trinajstić information content (AvgIpc) is 2.26. The average molecular weight is 241 g/mol. The lowest BCUT2D eigenvalue weighted by Crippen LogP contribution is -2.62. The summed E-state index contributed by atoms with van der Waals surface area (Å²) in [6.07, 6.45) is 3.77. The van der Waals surface area contributed by atoms with Crippen molar-refractivity contribution in [3.63, 3.8) is 0 Å². The third-order valence-corrected chi connectivity index (χ3v) is 4.35. The molecule has 1 heterocycles. The molecule has 0 aliphatic carbocycles. The first kappa shape index (κ1) is 14.9. The molecular weight excluding hydrogens is 210 g/mol. The molecule has 0 aromatic rings. The summed E-state index contributed by atoms with van der Waals surface area (Å²) in [6, 6.07) is 0.616. The Morgan fingerprint density at radius 2 is 2.00 bits per heavy atom. The molecule has 102 valence electrons. The molecule has 0 spiro atoms. The molecule has 3 heteroatoms. The maximum atomic E-state index is 6.10. The Bertz CT molecular complexity index is 230. The van der Waals surface area contributed by atoms with E-state index in [9.17, 15) is 0 Å². The van der Waals surface area contributed by atoms with Gasteiger partial charge in [-0.05, 0) is 52.7 Å². The summed E-state index contributed by atoms with van der Waals surface area (Å²) in [7, 11) is 4.48. The smallest absolute Gasteiger partial charge is 0.0458 e. The molecule has 0 saturated carbocycles. The van der Waals surface area contributed by atoms with E-state index in [0.717, 1.165) is 19.0 Å². The van der Waals surface area contributed by atoms with Gasteiger partial charge in [0.15, 0.2) is 0 Å². The van der Waals surface area contributed by atoms with Crippen molar-refractivity contribution >= 4 is 0 Å². The van der Waals surface area contributed by atoms with Crippen molar-refractivity contribution in [1.29, 1.82) is 0 Å². The first-order chi connectivity index (χ1) is 7.91. The molecule has 2 unspecified atom stereocenters. The first-order valence-electron chi connectivity index (χ1n) is 7.03. The molecule has 2 N–H and O–H groups in total. The van der Waals surface area contributed by atoms with Crippen LogP contribution in [0.15, 0.2) is 0 Å². The highest BCUT2D eigenvalue weighted by Gasteiger charge is 2.38. The fourth-order valence-corrected chi connectivity index (χ4v) is 3.24. The number of rotatable bonds is 5. The molecule has 1 aliphatic rings. The lowest BCUT2D eigenvalue weighted by Gasteiger charge is -2.49. The summed E-state index contributed by atoms with van der Waals surface area (Å²) in [5.74, 6) is 0.753. The second-order valence-corrected chi connectivity index (χ2v) is 6.36. The number of likely N-dealkylation sites (tertiary alicyclic amines) is 1. The zero-order valence-corrected chi connectivity index (χ0v) is 12.4. The number of nitrogens with two attached hydrogens (primary N) is 1. The van der Waals surface area contributed by atoms with E-state index in [1.54, 1.807) is 0 Å². The van der Waals surface area contributed by atoms with Gasteiger partial charge < -0.3 is 10.6 Å². The minimum absolute atomic E-state index is 0.196. The Labute approximate surface area is 107 Å². The Hall–Kier alpha value is -0.120. The summed E-state index contributed by atoms with van der Waals surface area (Å²) in [4.78, 5) is 4.97. The standard InChI is InChI=1S/C14H31N3/c1-12(2)9-13(3)17(5)14(10-15)7-6-8-16(4)11-14/h12-13H,6-11,15H2,1-5H3. The maximum absolute atomic E-state index is 6.10. The molecule has 0 aromatic carbocycles. The van der Waals surface area contributed by atoms with Crippen molar-refractivity contribution < 1.29 is 0 Å². The van der Waals surface area contributed by atoms with E-state index < -0.39 is 0 Å². The fraction of sp³-hybridized carbons (Fsp3) is 1.00. The zero-order valence-electron chi connectivity index (χ0n) is 12.4. The number of likely N-dealkylation sites (N-methyl/N-ethyl adjacent to an activating group) is 2. The number of piperidine rings is 1. The van der Waals surface area contributed by atoms with Gasteiger partial charge in [-0.1, -0.05) is 13.8 Å². The van der Waals surface area contributed by atoms with Crippen LogP contribution in [0.25, 0.3) is 0 Å². The molecule has 1 rings (SSSR count). The molecule has 0 radical (unpaired) electrons. The van der Waals surface area contributed by atoms with Crippen LogP contribution in [0.5, 0.6) is 0 Å². The topological polar surface area (TPSA) is 32.5 Å². The molecule has 1 fully saturated rings. The summed E-state index contributed by atoms with van der Waals surface area (Å²) in [5.41, 5.74) is 6.30. The molecular formula is C14H31N3. The van der Waals surface area contributed by atoms with Crippen LogP contribution in [0.2, 0.25) is 0 Å². The Balaban J connectivity index is 2.70. The Morgan fingerprint density at radius 1 is 1.35 bits per heavy atom. The van der Waals surface area contributed by atoms with Gasteiger partial charge in [-0.15, -0.1) is 0 Å². The second-order valence-electron chi connectivity index (χ2n) is 6.36. The van der Waals surface area contributed by atoms with Crippen molar-refractivity contribution in [3.8, 4) is 0 Å². The van der Waals surface area contributed by atoms with Gasteiger partial charge in [-0.2, -0.15) is 0 Å². The van der Waals surface area contributed by atoms with Crippen molar-refractivity contribution in [2.75, 3.05) is 33.7 Å². The van der Waals surface area contributed by atoms with Gasteiger partial charge in [0.25, 0.3) is 0 Å². The number of nitrogens with zero attached hydrogens (tertiary/aromatic N) is 2. The molecule has 3 nitrogen and oxygen atoms in total. The van der Waals surface area contributed by atoms with Crippen LogP contribution in [0.3, 0.4) is 0 Å². The van der Waals surface area contributed by atoms with Crippen LogP contribution < -0.4 is 5.73 Å². The van der Waals surface area contributed by atoms with Crippen LogP contribution in [-0.2, 0) is 0 Å². The third kappa shape index (κ3) is 3.67. The van der Waals surface area contributed by atoms with E-state index in [2.05, 4.69) is 44.7 Å². The second kappa shape index (κ2) is 6.17. The van der Waals surface area contributed by atoms with E-state index in [4.69, 9.17) is 5.73 Å². The van der Waals surface area contributed by atoms with Crippen molar-refractivity contribution in [2.24, 2.45) is 11.7 Å². The normalized spacial score (nSPS) is 28.9. The Morgan fingerprint density at radius 3 is 2.47 bits per heavy atom. The van der Waals surface area contributed by atoms with Crippen LogP contribution in [0.1, 0.15) is 40.0 Å². The highest BCUT2D eigenvalue weighted by atomic mass is 15.3. The molecule has 1 saturated heterocycles. The van der Waals surface area contributed by atoms with Gasteiger partial charge >= 0.3 is 0 Å². The van der Waals surface area contributed by atoms with Crippen LogP contribution >= 0.6 is 0 Å². The molecule has 0 aromatic heterocycles. The lowest BCUT2D eigenvalue weighted by molar-refractivity contribution is 0.0147. The maximum Gasteiger partial charge on any atom is 0.0458 e. The number of hydrogen-bond acceptors (Lipinski definition) is 3. The van der Waals surface area contributed by atoms with Crippen molar-refractivity contribution in [1.82, 2.24) is 9.80 Å². The zero-order chi connectivity index (χ0) is 13.1. The van der Waals surface area contributed by atoms with E-state index in [-0.39, 0.29) is 5.54 Å². The first-order valence-corrected chi connectivity index (χ1v) is 7.03. The highest BCUT2D eigenvalue weighted by Crippen LogP contribution is 2.28. The van der Waals surface area contributed by atoms with Gasteiger partial charge in [0.1, 0.15) is 0 Å². The van der Waals surface area contributed by atoms with Gasteiger partial charge in [0, 0.05) is 24.7 Å². The predicted octanol–water partition coefficient (Wildman–Crippen LogP) is 1.78. The van der Waals surface area contributed by atoms with E-state index in [0.29, 0.717) is 6.04 Å². The van der Waals surface area contributed by atoms with Crippen LogP contribution in [0.4, 0.5) is 0 Å². The lowest BCUT2D eigenvalue weighted by atomic mass is 9.85. The SMILES string of the molecule is CC(C)CC(C)N(C)C1(CN)CCCN(C)C1. The van der Waals surface area contributed by atoms with Crippen LogP contribution in [0, 0.1) is 5.92 Å². The fourth-order valence-electron chi connectivity index (χ4n) is 3.24. The monoisotopic (exact) mass is 241 g/mol. The molecule has 2 atom stereocenters. The summed E-state index contributed by atoms with van der Waals surface area (Å²) in [6.45, 7) is 10.0.